The maximum absolute atomic E-state index is 13.6. The van der Waals surface area contributed by atoms with Gasteiger partial charge >= 0.3 is 0 Å². The molecular formula is C10H9ClFN3. The van der Waals surface area contributed by atoms with Crippen LogP contribution in [0.5, 0.6) is 0 Å². The SMILES string of the molecule is Cc1nnn(-c2ccc(Cl)cc2F)c1C. The molecule has 0 saturated heterocycles. The minimum Gasteiger partial charge on any atom is -0.215 e. The average Bonchev–Trinajstić information content (AvgIpc) is 2.49. The lowest BCUT2D eigenvalue weighted by molar-refractivity contribution is 0.605. The highest BCUT2D eigenvalue weighted by Gasteiger charge is 2.10. The Morgan fingerprint density at radius 2 is 2.07 bits per heavy atom. The molecule has 0 aliphatic heterocycles. The van der Waals surface area contributed by atoms with Crippen LogP contribution in [-0.4, -0.2) is 15.0 Å². The molecule has 0 fully saturated rings. The van der Waals surface area contributed by atoms with Crippen molar-refractivity contribution < 1.29 is 4.39 Å². The van der Waals surface area contributed by atoms with Gasteiger partial charge in [-0.25, -0.2) is 9.07 Å². The molecule has 0 amide bonds. The molecule has 0 bridgehead atoms. The molecule has 0 radical (unpaired) electrons. The molecule has 5 heteroatoms. The van der Waals surface area contributed by atoms with Crippen molar-refractivity contribution in [2.75, 3.05) is 0 Å². The zero-order chi connectivity index (χ0) is 11.0. The summed E-state index contributed by atoms with van der Waals surface area (Å²) in [6, 6.07) is 4.46. The van der Waals surface area contributed by atoms with E-state index >= 15 is 0 Å². The first-order valence-corrected chi connectivity index (χ1v) is 4.81. The predicted molar refractivity (Wildman–Crippen MR) is 55.8 cm³/mol. The van der Waals surface area contributed by atoms with Crippen LogP contribution in [0.3, 0.4) is 0 Å². The highest BCUT2D eigenvalue weighted by Crippen LogP contribution is 2.19. The van der Waals surface area contributed by atoms with Crippen molar-refractivity contribution in [3.05, 3.63) is 40.4 Å². The van der Waals surface area contributed by atoms with E-state index in [1.807, 2.05) is 13.8 Å². The van der Waals surface area contributed by atoms with Gasteiger partial charge in [0.25, 0.3) is 0 Å². The van der Waals surface area contributed by atoms with Gasteiger partial charge in [-0.3, -0.25) is 0 Å². The third kappa shape index (κ3) is 1.72. The second-order valence-corrected chi connectivity index (χ2v) is 3.70. The quantitative estimate of drug-likeness (QED) is 0.747. The van der Waals surface area contributed by atoms with Gasteiger partial charge in [0, 0.05) is 5.02 Å². The number of aromatic nitrogens is 3. The molecule has 1 heterocycles. The molecule has 0 spiro atoms. The molecule has 0 aliphatic rings. The Hall–Kier alpha value is -1.42. The van der Waals surface area contributed by atoms with Gasteiger partial charge in [0.2, 0.25) is 0 Å². The molecule has 0 aliphatic carbocycles. The van der Waals surface area contributed by atoms with Crippen molar-refractivity contribution in [1.29, 1.82) is 0 Å². The van der Waals surface area contributed by atoms with Crippen LogP contribution in [-0.2, 0) is 0 Å². The van der Waals surface area contributed by atoms with Gasteiger partial charge in [-0.1, -0.05) is 16.8 Å². The van der Waals surface area contributed by atoms with E-state index in [9.17, 15) is 4.39 Å². The Labute approximate surface area is 91.5 Å². The van der Waals surface area contributed by atoms with Gasteiger partial charge in [0.1, 0.15) is 11.5 Å². The third-order valence-corrected chi connectivity index (χ3v) is 2.50. The summed E-state index contributed by atoms with van der Waals surface area (Å²) in [6.07, 6.45) is 0. The van der Waals surface area contributed by atoms with Crippen LogP contribution in [0.15, 0.2) is 18.2 Å². The first-order valence-electron chi connectivity index (χ1n) is 4.44. The lowest BCUT2D eigenvalue weighted by Crippen LogP contribution is -2.02. The van der Waals surface area contributed by atoms with Gasteiger partial charge in [-0.2, -0.15) is 0 Å². The lowest BCUT2D eigenvalue weighted by atomic mass is 10.3. The molecular weight excluding hydrogens is 217 g/mol. The van der Waals surface area contributed by atoms with Crippen molar-refractivity contribution in [3.8, 4) is 5.69 Å². The summed E-state index contributed by atoms with van der Waals surface area (Å²) in [5, 5.41) is 8.10. The molecule has 1 aromatic carbocycles. The van der Waals surface area contributed by atoms with E-state index in [1.54, 1.807) is 12.1 Å². The van der Waals surface area contributed by atoms with E-state index in [4.69, 9.17) is 11.6 Å². The summed E-state index contributed by atoms with van der Waals surface area (Å²) in [5.74, 6) is -0.407. The number of halogens is 2. The van der Waals surface area contributed by atoms with Gasteiger partial charge in [0.15, 0.2) is 0 Å². The summed E-state index contributed by atoms with van der Waals surface area (Å²) < 4.78 is 15.0. The van der Waals surface area contributed by atoms with E-state index in [-0.39, 0.29) is 0 Å². The van der Waals surface area contributed by atoms with Crippen molar-refractivity contribution in [2.24, 2.45) is 0 Å². The Morgan fingerprint density at radius 1 is 1.33 bits per heavy atom. The second kappa shape index (κ2) is 3.62. The fourth-order valence-electron chi connectivity index (χ4n) is 1.29. The summed E-state index contributed by atoms with van der Waals surface area (Å²) >= 11 is 5.66. The van der Waals surface area contributed by atoms with Gasteiger partial charge in [0.05, 0.1) is 11.4 Å². The minimum atomic E-state index is -0.407. The molecule has 78 valence electrons. The van der Waals surface area contributed by atoms with E-state index < -0.39 is 5.82 Å². The fourth-order valence-corrected chi connectivity index (χ4v) is 1.45. The molecule has 2 aromatic rings. The lowest BCUT2D eigenvalue weighted by Gasteiger charge is -2.04. The van der Waals surface area contributed by atoms with Crippen LogP contribution in [0.4, 0.5) is 4.39 Å². The van der Waals surface area contributed by atoms with E-state index in [0.717, 1.165) is 11.4 Å². The smallest absolute Gasteiger partial charge is 0.150 e. The second-order valence-electron chi connectivity index (χ2n) is 3.27. The third-order valence-electron chi connectivity index (χ3n) is 2.26. The number of nitrogens with zero attached hydrogens (tertiary/aromatic N) is 3. The standard InChI is InChI=1S/C10H9ClFN3/c1-6-7(2)15(14-13-6)10-4-3-8(11)5-9(10)12/h3-5H,1-2H3. The number of hydrogen-bond donors (Lipinski definition) is 0. The Balaban J connectivity index is 2.59. The van der Waals surface area contributed by atoms with Crippen LogP contribution in [0.1, 0.15) is 11.4 Å². The van der Waals surface area contributed by atoms with Crippen molar-refractivity contribution in [1.82, 2.24) is 15.0 Å². The normalized spacial score (nSPS) is 10.7. The Bertz CT molecular complexity index is 507. The summed E-state index contributed by atoms with van der Waals surface area (Å²) in [4.78, 5) is 0. The predicted octanol–water partition coefficient (Wildman–Crippen LogP) is 2.68. The number of benzene rings is 1. The van der Waals surface area contributed by atoms with Gasteiger partial charge in [-0.05, 0) is 32.0 Å². The summed E-state index contributed by atoms with van der Waals surface area (Å²) in [7, 11) is 0. The van der Waals surface area contributed by atoms with Crippen LogP contribution in [0, 0.1) is 19.7 Å². The molecule has 0 N–H and O–H groups in total. The Morgan fingerprint density at radius 3 is 2.60 bits per heavy atom. The van der Waals surface area contributed by atoms with Crippen LogP contribution in [0.2, 0.25) is 5.02 Å². The van der Waals surface area contributed by atoms with E-state index in [2.05, 4.69) is 10.3 Å². The first kappa shape index (κ1) is 10.1. The first-order chi connectivity index (χ1) is 7.09. The summed E-state index contributed by atoms with van der Waals surface area (Å²) in [5.41, 5.74) is 1.96. The van der Waals surface area contributed by atoms with Crippen molar-refractivity contribution in [2.45, 2.75) is 13.8 Å². The van der Waals surface area contributed by atoms with Gasteiger partial charge in [-0.15, -0.1) is 5.10 Å². The molecule has 2 rings (SSSR count). The van der Waals surface area contributed by atoms with Gasteiger partial charge < -0.3 is 0 Å². The van der Waals surface area contributed by atoms with Crippen LogP contribution < -0.4 is 0 Å². The maximum atomic E-state index is 13.6. The molecule has 0 unspecified atom stereocenters. The fraction of sp³-hybridized carbons (Fsp3) is 0.200. The largest absolute Gasteiger partial charge is 0.215 e. The zero-order valence-corrected chi connectivity index (χ0v) is 9.09. The maximum Gasteiger partial charge on any atom is 0.150 e. The van der Waals surface area contributed by atoms with Crippen molar-refractivity contribution >= 4 is 11.6 Å². The van der Waals surface area contributed by atoms with E-state index in [0.29, 0.717) is 10.7 Å². The highest BCUT2D eigenvalue weighted by molar-refractivity contribution is 6.30. The van der Waals surface area contributed by atoms with E-state index in [1.165, 1.54) is 10.7 Å². The number of hydrogen-bond acceptors (Lipinski definition) is 2. The molecule has 3 nitrogen and oxygen atoms in total. The number of rotatable bonds is 1. The topological polar surface area (TPSA) is 30.7 Å². The average molecular weight is 226 g/mol. The Kier molecular flexibility index (Phi) is 2.44. The minimum absolute atomic E-state index is 0.359. The molecule has 1 aromatic heterocycles. The monoisotopic (exact) mass is 225 g/mol. The molecule has 15 heavy (non-hydrogen) atoms. The molecule has 0 atom stereocenters. The summed E-state index contributed by atoms with van der Waals surface area (Å²) in [6.45, 7) is 3.66. The van der Waals surface area contributed by atoms with Crippen LogP contribution in [0.25, 0.3) is 5.69 Å². The van der Waals surface area contributed by atoms with Crippen molar-refractivity contribution in [3.63, 3.8) is 0 Å². The van der Waals surface area contributed by atoms with Crippen LogP contribution >= 0.6 is 11.6 Å². The molecule has 0 saturated carbocycles. The number of aryl methyl sites for hydroxylation is 1. The highest BCUT2D eigenvalue weighted by atomic mass is 35.5. The zero-order valence-electron chi connectivity index (χ0n) is 8.33.